The van der Waals surface area contributed by atoms with Crippen molar-refractivity contribution < 1.29 is 4.52 Å². The number of fused-ring (bicyclic) bond motifs is 1. The van der Waals surface area contributed by atoms with Crippen molar-refractivity contribution in [3.63, 3.8) is 0 Å². The molecule has 0 atom stereocenters. The highest BCUT2D eigenvalue weighted by Gasteiger charge is 2.13. The summed E-state index contributed by atoms with van der Waals surface area (Å²) in [6.45, 7) is 6.20. The van der Waals surface area contributed by atoms with Gasteiger partial charge in [-0.15, -0.1) is 11.3 Å². The molecule has 3 nitrogen and oxygen atoms in total. The fourth-order valence-corrected chi connectivity index (χ4v) is 3.25. The molecule has 0 aliphatic carbocycles. The summed E-state index contributed by atoms with van der Waals surface area (Å²) in [6, 6.07) is 10.6. The van der Waals surface area contributed by atoms with Gasteiger partial charge in [-0.1, -0.05) is 37.2 Å². The molecule has 2 heterocycles. The van der Waals surface area contributed by atoms with Crippen LogP contribution in [-0.2, 0) is 6.54 Å². The maximum absolute atomic E-state index is 5.46. The van der Waals surface area contributed by atoms with E-state index >= 15 is 0 Å². The van der Waals surface area contributed by atoms with Gasteiger partial charge in [0.15, 0.2) is 5.76 Å². The third-order valence-corrected chi connectivity index (χ3v) is 4.28. The highest BCUT2D eigenvalue weighted by molar-refractivity contribution is 7.22. The van der Waals surface area contributed by atoms with E-state index < -0.39 is 0 Å². The molecule has 0 radical (unpaired) electrons. The fraction of sp³-hybridized carbons (Fsp3) is 0.312. The van der Waals surface area contributed by atoms with Crippen LogP contribution in [0.4, 0.5) is 0 Å². The van der Waals surface area contributed by atoms with Crippen molar-refractivity contribution in [2.75, 3.05) is 6.54 Å². The quantitative estimate of drug-likeness (QED) is 0.760. The standard InChI is InChI=1S/C16H18N2OS/c1-11(2)8-17-9-13-10-18-19-16(13)15-7-12-5-3-4-6-14(12)20-15/h3-7,10-11,17H,8-9H2,1-2H3. The second-order valence-corrected chi connectivity index (χ2v) is 6.44. The molecular weight excluding hydrogens is 268 g/mol. The van der Waals surface area contributed by atoms with Crippen LogP contribution in [0.1, 0.15) is 19.4 Å². The SMILES string of the molecule is CC(C)CNCc1cnoc1-c1cc2ccccc2s1. The minimum absolute atomic E-state index is 0.641. The molecular formula is C16H18N2OS. The second kappa shape index (κ2) is 5.77. The van der Waals surface area contributed by atoms with Gasteiger partial charge >= 0.3 is 0 Å². The zero-order valence-corrected chi connectivity index (χ0v) is 12.5. The van der Waals surface area contributed by atoms with Gasteiger partial charge in [-0.2, -0.15) is 0 Å². The highest BCUT2D eigenvalue weighted by atomic mass is 32.1. The van der Waals surface area contributed by atoms with Gasteiger partial charge in [0.1, 0.15) is 0 Å². The first-order valence-electron chi connectivity index (χ1n) is 6.87. The zero-order chi connectivity index (χ0) is 13.9. The average Bonchev–Trinajstić information content (AvgIpc) is 3.03. The van der Waals surface area contributed by atoms with Crippen LogP contribution >= 0.6 is 11.3 Å². The first kappa shape index (κ1) is 13.3. The molecule has 0 fully saturated rings. The van der Waals surface area contributed by atoms with Crippen LogP contribution in [0.25, 0.3) is 20.7 Å². The molecule has 0 aliphatic heterocycles. The molecule has 0 bridgehead atoms. The Balaban J connectivity index is 1.85. The molecule has 0 saturated carbocycles. The smallest absolute Gasteiger partial charge is 0.181 e. The predicted molar refractivity (Wildman–Crippen MR) is 83.9 cm³/mol. The summed E-state index contributed by atoms with van der Waals surface area (Å²) in [6.07, 6.45) is 1.81. The van der Waals surface area contributed by atoms with Gasteiger partial charge in [-0.05, 0) is 30.0 Å². The Bertz CT molecular complexity index is 666. The van der Waals surface area contributed by atoms with Gasteiger partial charge in [0.2, 0.25) is 0 Å². The van der Waals surface area contributed by atoms with Crippen LogP contribution in [0.15, 0.2) is 41.1 Å². The van der Waals surface area contributed by atoms with Crippen LogP contribution in [0.3, 0.4) is 0 Å². The summed E-state index contributed by atoms with van der Waals surface area (Å²) in [7, 11) is 0. The lowest BCUT2D eigenvalue weighted by Crippen LogP contribution is -2.18. The fourth-order valence-electron chi connectivity index (χ4n) is 2.18. The number of thiophene rings is 1. The van der Waals surface area contributed by atoms with E-state index in [0.29, 0.717) is 5.92 Å². The molecule has 3 rings (SSSR count). The maximum atomic E-state index is 5.46. The summed E-state index contributed by atoms with van der Waals surface area (Å²) in [5, 5.41) is 8.65. The Morgan fingerprint density at radius 3 is 2.95 bits per heavy atom. The minimum atomic E-state index is 0.641. The van der Waals surface area contributed by atoms with Crippen molar-refractivity contribution in [1.82, 2.24) is 10.5 Å². The molecule has 0 saturated heterocycles. The summed E-state index contributed by atoms with van der Waals surface area (Å²) >= 11 is 1.75. The van der Waals surface area contributed by atoms with Crippen molar-refractivity contribution in [2.45, 2.75) is 20.4 Å². The Morgan fingerprint density at radius 1 is 1.30 bits per heavy atom. The number of nitrogens with zero attached hydrogens (tertiary/aromatic N) is 1. The molecule has 0 aliphatic rings. The normalized spacial score (nSPS) is 11.6. The Kier molecular flexibility index (Phi) is 3.85. The van der Waals surface area contributed by atoms with Gasteiger partial charge in [-0.3, -0.25) is 0 Å². The lowest BCUT2D eigenvalue weighted by molar-refractivity contribution is 0.432. The Hall–Kier alpha value is -1.65. The predicted octanol–water partition coefficient (Wildman–Crippen LogP) is 4.30. The second-order valence-electron chi connectivity index (χ2n) is 5.35. The molecule has 1 N–H and O–H groups in total. The first-order chi connectivity index (χ1) is 9.74. The molecule has 3 aromatic rings. The monoisotopic (exact) mass is 286 g/mol. The van der Waals surface area contributed by atoms with Gasteiger partial charge in [0, 0.05) is 16.8 Å². The molecule has 104 valence electrons. The van der Waals surface area contributed by atoms with E-state index in [9.17, 15) is 0 Å². The minimum Gasteiger partial charge on any atom is -0.355 e. The number of aromatic nitrogens is 1. The number of hydrogen-bond acceptors (Lipinski definition) is 4. The van der Waals surface area contributed by atoms with E-state index in [1.807, 2.05) is 6.20 Å². The molecule has 20 heavy (non-hydrogen) atoms. The number of benzene rings is 1. The molecule has 2 aromatic heterocycles. The van der Waals surface area contributed by atoms with Gasteiger partial charge in [0.25, 0.3) is 0 Å². The van der Waals surface area contributed by atoms with Crippen molar-refractivity contribution in [2.24, 2.45) is 5.92 Å². The topological polar surface area (TPSA) is 38.1 Å². The van der Waals surface area contributed by atoms with Crippen molar-refractivity contribution in [1.29, 1.82) is 0 Å². The lowest BCUT2D eigenvalue weighted by atomic mass is 10.2. The third-order valence-electron chi connectivity index (χ3n) is 3.16. The Labute approximate surface area is 122 Å². The molecule has 0 spiro atoms. The van der Waals surface area contributed by atoms with E-state index in [4.69, 9.17) is 4.52 Å². The van der Waals surface area contributed by atoms with Crippen LogP contribution in [0.5, 0.6) is 0 Å². The summed E-state index contributed by atoms with van der Waals surface area (Å²) in [5.74, 6) is 1.53. The molecule has 0 unspecified atom stereocenters. The van der Waals surface area contributed by atoms with Crippen molar-refractivity contribution in [3.05, 3.63) is 42.1 Å². The number of rotatable bonds is 5. The van der Waals surface area contributed by atoms with E-state index in [2.05, 4.69) is 54.7 Å². The lowest BCUT2D eigenvalue weighted by Gasteiger charge is -2.06. The molecule has 1 aromatic carbocycles. The van der Waals surface area contributed by atoms with Crippen LogP contribution in [0, 0.1) is 5.92 Å². The maximum Gasteiger partial charge on any atom is 0.181 e. The summed E-state index contributed by atoms with van der Waals surface area (Å²) in [4.78, 5) is 1.14. The van der Waals surface area contributed by atoms with E-state index in [1.165, 1.54) is 10.1 Å². The third kappa shape index (κ3) is 2.76. The highest BCUT2D eigenvalue weighted by Crippen LogP contribution is 2.35. The summed E-state index contributed by atoms with van der Waals surface area (Å²) < 4.78 is 6.74. The largest absolute Gasteiger partial charge is 0.355 e. The van der Waals surface area contributed by atoms with Crippen LogP contribution in [-0.4, -0.2) is 11.7 Å². The van der Waals surface area contributed by atoms with E-state index in [-0.39, 0.29) is 0 Å². The number of hydrogen-bond donors (Lipinski definition) is 1. The van der Waals surface area contributed by atoms with E-state index in [1.54, 1.807) is 11.3 Å². The molecule has 0 amide bonds. The van der Waals surface area contributed by atoms with Crippen molar-refractivity contribution in [3.8, 4) is 10.6 Å². The van der Waals surface area contributed by atoms with Crippen LogP contribution < -0.4 is 5.32 Å². The molecule has 4 heteroatoms. The zero-order valence-electron chi connectivity index (χ0n) is 11.7. The van der Waals surface area contributed by atoms with Crippen molar-refractivity contribution >= 4 is 21.4 Å². The first-order valence-corrected chi connectivity index (χ1v) is 7.69. The van der Waals surface area contributed by atoms with Crippen LogP contribution in [0.2, 0.25) is 0 Å². The average molecular weight is 286 g/mol. The number of nitrogens with one attached hydrogen (secondary N) is 1. The summed E-state index contributed by atoms with van der Waals surface area (Å²) in [5.41, 5.74) is 1.12. The van der Waals surface area contributed by atoms with Gasteiger partial charge in [-0.25, -0.2) is 0 Å². The Morgan fingerprint density at radius 2 is 2.15 bits per heavy atom. The van der Waals surface area contributed by atoms with Gasteiger partial charge < -0.3 is 9.84 Å². The van der Waals surface area contributed by atoms with Gasteiger partial charge in [0.05, 0.1) is 11.1 Å². The van der Waals surface area contributed by atoms with E-state index in [0.717, 1.165) is 29.3 Å².